The van der Waals surface area contributed by atoms with E-state index in [1.165, 1.54) is 11.3 Å². The van der Waals surface area contributed by atoms with Crippen LogP contribution in [0.15, 0.2) is 59.4 Å². The van der Waals surface area contributed by atoms with Crippen LogP contribution >= 0.6 is 11.3 Å². The number of benzene rings is 2. The van der Waals surface area contributed by atoms with Crippen molar-refractivity contribution in [2.45, 2.75) is 6.92 Å². The van der Waals surface area contributed by atoms with E-state index in [4.69, 9.17) is 4.74 Å². The second kappa shape index (κ2) is 5.14. The Bertz CT molecular complexity index is 938. The second-order valence-electron chi connectivity index (χ2n) is 4.73. The van der Waals surface area contributed by atoms with Gasteiger partial charge in [0.15, 0.2) is 5.43 Å². The number of ether oxygens (including phenoxy) is 1. The van der Waals surface area contributed by atoms with Gasteiger partial charge in [0.05, 0.1) is 5.39 Å². The van der Waals surface area contributed by atoms with Crippen molar-refractivity contribution in [1.82, 2.24) is 0 Å². The molecule has 3 aromatic rings. The molecule has 0 atom stereocenters. The van der Waals surface area contributed by atoms with Crippen LogP contribution in [0.4, 0.5) is 0 Å². The van der Waals surface area contributed by atoms with Gasteiger partial charge < -0.3 is 4.74 Å². The van der Waals surface area contributed by atoms with Gasteiger partial charge in [-0.1, -0.05) is 24.8 Å². The lowest BCUT2D eigenvalue weighted by Crippen LogP contribution is -2.11. The van der Waals surface area contributed by atoms with E-state index >= 15 is 0 Å². The molecular formula is C17H12O3S. The van der Waals surface area contributed by atoms with Crippen molar-refractivity contribution in [3.05, 3.63) is 64.8 Å². The lowest BCUT2D eigenvalue weighted by molar-refractivity contribution is -0.129. The van der Waals surface area contributed by atoms with Crippen molar-refractivity contribution < 1.29 is 9.53 Å². The highest BCUT2D eigenvalue weighted by Crippen LogP contribution is 2.30. The molecule has 0 radical (unpaired) electrons. The Balaban J connectivity index is 2.32. The van der Waals surface area contributed by atoms with Gasteiger partial charge in [-0.2, -0.15) is 0 Å². The third-order valence-electron chi connectivity index (χ3n) is 3.12. The molecule has 4 heteroatoms. The fraction of sp³-hybridized carbons (Fsp3) is 0.0588. The van der Waals surface area contributed by atoms with E-state index in [-0.39, 0.29) is 11.2 Å². The number of rotatable bonds is 2. The normalized spacial score (nSPS) is 10.7. The quantitative estimate of drug-likeness (QED) is 0.312. The summed E-state index contributed by atoms with van der Waals surface area (Å²) in [6.07, 6.45) is 0. The van der Waals surface area contributed by atoms with Gasteiger partial charge in [-0.15, -0.1) is 11.3 Å². The summed E-state index contributed by atoms with van der Waals surface area (Å²) in [5, 5.41) is 1.07. The number of hydrogen-bond acceptors (Lipinski definition) is 4. The summed E-state index contributed by atoms with van der Waals surface area (Å²) >= 11 is 1.50. The average molecular weight is 296 g/mol. The van der Waals surface area contributed by atoms with E-state index in [0.717, 1.165) is 9.40 Å². The summed E-state index contributed by atoms with van der Waals surface area (Å²) in [6.45, 7) is 5.13. The summed E-state index contributed by atoms with van der Waals surface area (Å²) in [7, 11) is 0. The van der Waals surface area contributed by atoms with Gasteiger partial charge in [0.2, 0.25) is 0 Å². The minimum atomic E-state index is -0.528. The Kier molecular flexibility index (Phi) is 3.31. The SMILES string of the molecule is C=C(C)C(=O)Oc1cccc2sc3ccccc3c(=O)c12. The molecule has 3 rings (SSSR count). The van der Waals surface area contributed by atoms with Crippen molar-refractivity contribution in [2.24, 2.45) is 0 Å². The van der Waals surface area contributed by atoms with E-state index < -0.39 is 5.97 Å². The maximum atomic E-state index is 12.7. The minimum absolute atomic E-state index is 0.121. The molecule has 2 aromatic carbocycles. The Morgan fingerprint density at radius 3 is 2.57 bits per heavy atom. The molecule has 0 saturated heterocycles. The van der Waals surface area contributed by atoms with Crippen LogP contribution in [0.5, 0.6) is 5.75 Å². The van der Waals surface area contributed by atoms with Crippen LogP contribution in [0.3, 0.4) is 0 Å². The molecule has 21 heavy (non-hydrogen) atoms. The third-order valence-corrected chi connectivity index (χ3v) is 4.25. The van der Waals surface area contributed by atoms with Gasteiger partial charge in [-0.25, -0.2) is 4.79 Å². The zero-order valence-electron chi connectivity index (χ0n) is 11.4. The second-order valence-corrected chi connectivity index (χ2v) is 5.81. The lowest BCUT2D eigenvalue weighted by Gasteiger charge is -2.07. The zero-order valence-corrected chi connectivity index (χ0v) is 12.2. The molecule has 0 saturated carbocycles. The Hall–Kier alpha value is -2.46. The van der Waals surface area contributed by atoms with Crippen molar-refractivity contribution >= 4 is 37.5 Å². The third kappa shape index (κ3) is 2.34. The first kappa shape index (κ1) is 13.5. The maximum absolute atomic E-state index is 12.7. The summed E-state index contributed by atoms with van der Waals surface area (Å²) in [6, 6.07) is 12.7. The number of carbonyl (C=O) groups is 1. The molecule has 0 N–H and O–H groups in total. The molecule has 0 aliphatic carbocycles. The molecule has 104 valence electrons. The molecule has 1 heterocycles. The number of carbonyl (C=O) groups excluding carboxylic acids is 1. The van der Waals surface area contributed by atoms with Gasteiger partial charge >= 0.3 is 5.97 Å². The molecule has 0 spiro atoms. The van der Waals surface area contributed by atoms with Crippen LogP contribution in [0.1, 0.15) is 6.92 Å². The molecule has 0 aliphatic heterocycles. The van der Waals surface area contributed by atoms with Gasteiger partial charge in [-0.05, 0) is 31.2 Å². The minimum Gasteiger partial charge on any atom is -0.422 e. The summed E-state index contributed by atoms with van der Waals surface area (Å²) in [5.41, 5.74) is 0.174. The van der Waals surface area contributed by atoms with Gasteiger partial charge in [0, 0.05) is 20.4 Å². The fourth-order valence-electron chi connectivity index (χ4n) is 2.09. The van der Waals surface area contributed by atoms with E-state index in [1.54, 1.807) is 25.1 Å². The van der Waals surface area contributed by atoms with Crippen molar-refractivity contribution in [2.75, 3.05) is 0 Å². The molecule has 0 unspecified atom stereocenters. The van der Waals surface area contributed by atoms with Gasteiger partial charge in [0.1, 0.15) is 5.75 Å². The Morgan fingerprint density at radius 1 is 1.10 bits per heavy atom. The van der Waals surface area contributed by atoms with Crippen LogP contribution in [-0.2, 0) is 4.79 Å². The number of hydrogen-bond donors (Lipinski definition) is 0. The van der Waals surface area contributed by atoms with Crippen LogP contribution in [-0.4, -0.2) is 5.97 Å². The maximum Gasteiger partial charge on any atom is 0.338 e. The first-order valence-electron chi connectivity index (χ1n) is 6.40. The summed E-state index contributed by atoms with van der Waals surface area (Å²) < 4.78 is 7.00. The largest absolute Gasteiger partial charge is 0.422 e. The molecule has 0 fully saturated rings. The first-order chi connectivity index (χ1) is 10.1. The van der Waals surface area contributed by atoms with E-state index in [0.29, 0.717) is 16.3 Å². The van der Waals surface area contributed by atoms with Crippen LogP contribution in [0.2, 0.25) is 0 Å². The summed E-state index contributed by atoms with van der Waals surface area (Å²) in [4.78, 5) is 24.4. The van der Waals surface area contributed by atoms with Crippen molar-refractivity contribution in [3.8, 4) is 5.75 Å². The molecular weight excluding hydrogens is 284 g/mol. The zero-order chi connectivity index (χ0) is 15.0. The van der Waals surface area contributed by atoms with Gasteiger partial charge in [0.25, 0.3) is 0 Å². The van der Waals surface area contributed by atoms with E-state index in [9.17, 15) is 9.59 Å². The molecule has 3 nitrogen and oxygen atoms in total. The average Bonchev–Trinajstić information content (AvgIpc) is 2.47. The lowest BCUT2D eigenvalue weighted by atomic mass is 10.1. The van der Waals surface area contributed by atoms with E-state index in [2.05, 4.69) is 6.58 Å². The monoisotopic (exact) mass is 296 g/mol. The number of esters is 1. The van der Waals surface area contributed by atoms with Crippen molar-refractivity contribution in [1.29, 1.82) is 0 Å². The molecule has 0 aliphatic rings. The first-order valence-corrected chi connectivity index (χ1v) is 7.22. The van der Waals surface area contributed by atoms with Crippen molar-refractivity contribution in [3.63, 3.8) is 0 Å². The standard InChI is InChI=1S/C17H12O3S/c1-10(2)17(19)20-12-7-5-9-14-15(12)16(18)11-6-3-4-8-13(11)21-14/h3-9H,1H2,2H3. The molecule has 0 amide bonds. The van der Waals surface area contributed by atoms with E-state index in [1.807, 2.05) is 24.3 Å². The number of fused-ring (bicyclic) bond motifs is 2. The highest BCUT2D eigenvalue weighted by molar-refractivity contribution is 7.24. The smallest absolute Gasteiger partial charge is 0.338 e. The van der Waals surface area contributed by atoms with Crippen LogP contribution in [0.25, 0.3) is 20.2 Å². The Labute approximate surface area is 125 Å². The molecule has 1 aromatic heterocycles. The highest BCUT2D eigenvalue weighted by atomic mass is 32.1. The predicted molar refractivity (Wildman–Crippen MR) is 86.1 cm³/mol. The van der Waals surface area contributed by atoms with Crippen LogP contribution in [0, 0.1) is 0 Å². The fourth-order valence-corrected chi connectivity index (χ4v) is 3.18. The topological polar surface area (TPSA) is 43.4 Å². The highest BCUT2D eigenvalue weighted by Gasteiger charge is 2.13. The predicted octanol–water partition coefficient (Wildman–Crippen LogP) is 3.90. The molecule has 0 bridgehead atoms. The Morgan fingerprint density at radius 2 is 1.81 bits per heavy atom. The van der Waals surface area contributed by atoms with Crippen LogP contribution < -0.4 is 10.2 Å². The summed E-state index contributed by atoms with van der Waals surface area (Å²) in [5.74, 6) is -0.243. The van der Waals surface area contributed by atoms with Gasteiger partial charge in [-0.3, -0.25) is 4.79 Å².